The van der Waals surface area contributed by atoms with Crippen molar-refractivity contribution in [3.63, 3.8) is 0 Å². The van der Waals surface area contributed by atoms with Gasteiger partial charge in [-0.25, -0.2) is 0 Å². The van der Waals surface area contributed by atoms with E-state index in [2.05, 4.69) is 87.5 Å². The summed E-state index contributed by atoms with van der Waals surface area (Å²) in [5, 5.41) is 2.14. The third-order valence-corrected chi connectivity index (χ3v) is 9.67. The third-order valence-electron chi connectivity index (χ3n) is 8.51. The van der Waals surface area contributed by atoms with E-state index in [0.29, 0.717) is 33.7 Å². The molecule has 0 amide bonds. The Morgan fingerprint density at radius 3 is 1.40 bits per heavy atom. The lowest BCUT2D eigenvalue weighted by Gasteiger charge is -2.30. The molecule has 2 aliphatic carbocycles. The fourth-order valence-corrected chi connectivity index (χ4v) is 6.74. The van der Waals surface area contributed by atoms with E-state index in [0.717, 1.165) is 5.02 Å². The summed E-state index contributed by atoms with van der Waals surface area (Å²) in [7, 11) is 0. The number of benzene rings is 4. The van der Waals surface area contributed by atoms with Crippen LogP contribution in [-0.2, 0) is 0 Å². The molecule has 0 nitrogen and oxygen atoms in total. The third kappa shape index (κ3) is 6.93. The summed E-state index contributed by atoms with van der Waals surface area (Å²) < 4.78 is 0. The highest BCUT2D eigenvalue weighted by Gasteiger charge is 2.27. The van der Waals surface area contributed by atoms with Crippen LogP contribution in [0.2, 0.25) is 15.1 Å². The van der Waals surface area contributed by atoms with Crippen LogP contribution in [0.4, 0.5) is 0 Å². The van der Waals surface area contributed by atoms with Gasteiger partial charge in [-0.2, -0.15) is 13.5 Å². The van der Waals surface area contributed by atoms with Gasteiger partial charge in [-0.3, -0.25) is 0 Å². The van der Waals surface area contributed by atoms with Gasteiger partial charge in [0.1, 0.15) is 0 Å². The minimum absolute atomic E-state index is 0. The highest BCUT2D eigenvalue weighted by Crippen LogP contribution is 2.44. The number of fused-ring (bicyclic) bond motifs is 2. The molecule has 4 aromatic carbocycles. The van der Waals surface area contributed by atoms with Crippen LogP contribution in [0.15, 0.2) is 84.9 Å². The zero-order valence-electron chi connectivity index (χ0n) is 22.9. The van der Waals surface area contributed by atoms with Gasteiger partial charge in [0.25, 0.3) is 0 Å². The Kier molecular flexibility index (Phi) is 11.7. The molecule has 6 rings (SSSR count). The Morgan fingerprint density at radius 2 is 0.950 bits per heavy atom. The first-order valence-electron chi connectivity index (χ1n) is 13.7. The summed E-state index contributed by atoms with van der Waals surface area (Å²) in [5.41, 5.74) is 9.80. The number of hydrogen-bond acceptors (Lipinski definition) is 0. The summed E-state index contributed by atoms with van der Waals surface area (Å²) in [5.74, 6) is 2.31. The lowest BCUT2D eigenvalue weighted by atomic mass is 9.74. The second-order valence-corrected chi connectivity index (χ2v) is 12.2. The molecule has 40 heavy (non-hydrogen) atoms. The molecule has 0 bridgehead atoms. The fraction of sp³-hybridized carbons (Fsp3) is 0.333. The van der Waals surface area contributed by atoms with Crippen LogP contribution >= 0.6 is 48.3 Å². The van der Waals surface area contributed by atoms with Crippen LogP contribution < -0.4 is 0 Å². The number of hydrogen-bond donors (Lipinski definition) is 0. The average molecular weight is 612 g/mol. The maximum Gasteiger partial charge on any atom is 0.0595 e. The predicted molar refractivity (Wildman–Crippen MR) is 182 cm³/mol. The number of rotatable bonds is 2. The summed E-state index contributed by atoms with van der Waals surface area (Å²) in [6.07, 6.45) is 4.90. The summed E-state index contributed by atoms with van der Waals surface area (Å²) >= 11 is 18.3. The van der Waals surface area contributed by atoms with Crippen molar-refractivity contribution in [2.75, 3.05) is 0 Å². The molecule has 0 fully saturated rings. The molecule has 0 radical (unpaired) electrons. The highest BCUT2D eigenvalue weighted by molar-refractivity contribution is 7.59. The van der Waals surface area contributed by atoms with Crippen molar-refractivity contribution in [2.24, 2.45) is 0 Å². The predicted octanol–water partition coefficient (Wildman–Crippen LogP) is 12.4. The van der Waals surface area contributed by atoms with Crippen LogP contribution in [0.5, 0.6) is 0 Å². The molecule has 4 atom stereocenters. The van der Waals surface area contributed by atoms with E-state index in [1.54, 1.807) is 0 Å². The van der Waals surface area contributed by atoms with E-state index in [1.807, 2.05) is 18.2 Å². The van der Waals surface area contributed by atoms with Gasteiger partial charge in [-0.05, 0) is 102 Å². The first kappa shape index (κ1) is 32.6. The average Bonchev–Trinajstić information content (AvgIpc) is 2.93. The molecule has 0 unspecified atom stereocenters. The molecular formula is C36H41Cl3S. The van der Waals surface area contributed by atoms with E-state index in [1.165, 1.54) is 64.6 Å². The zero-order valence-corrected chi connectivity index (χ0v) is 26.1. The minimum Gasteiger partial charge on any atom is -0.197 e. The molecule has 0 saturated carbocycles. The van der Waals surface area contributed by atoms with Gasteiger partial charge >= 0.3 is 0 Å². The fourth-order valence-electron chi connectivity index (χ4n) is 6.32. The van der Waals surface area contributed by atoms with Crippen molar-refractivity contribution in [2.45, 2.75) is 77.6 Å². The molecule has 4 heteroatoms. The first-order chi connectivity index (χ1) is 18.3. The lowest BCUT2D eigenvalue weighted by Crippen LogP contribution is -2.13. The van der Waals surface area contributed by atoms with E-state index < -0.39 is 0 Å². The Bertz CT molecular complexity index is 1320. The van der Waals surface area contributed by atoms with Gasteiger partial charge in [0.05, 0.1) is 10.0 Å². The van der Waals surface area contributed by atoms with Crippen LogP contribution in [-0.4, -0.2) is 0 Å². The van der Waals surface area contributed by atoms with E-state index in [9.17, 15) is 0 Å². The first-order valence-corrected chi connectivity index (χ1v) is 14.9. The standard InChI is InChI=1S/C18H19Cl.C17H16Cl2.CH4.H2S/c1-12-7-9-16(17-6-4-3-5-15(12)17)14-8-10-18(19)13(2)11-14;1-11-6-8-14(15-5-3-2-4-13(11)15)12-7-9-16(18)17(19)10-12;;/h3-6,8,10-12,16H,7,9H2,1-2H3;2-5,7,9-11,14H,6,8H2,1H3;1H4;1H2/t12-,16-;11-,14+;;/m01../s1. The van der Waals surface area contributed by atoms with Crippen molar-refractivity contribution >= 4 is 48.3 Å². The summed E-state index contributed by atoms with van der Waals surface area (Å²) in [6, 6.07) is 30.1. The second-order valence-electron chi connectivity index (χ2n) is 11.0. The normalized spacial score (nSPS) is 20.9. The molecule has 0 heterocycles. The van der Waals surface area contributed by atoms with Crippen molar-refractivity contribution in [3.8, 4) is 0 Å². The van der Waals surface area contributed by atoms with Crippen molar-refractivity contribution in [1.82, 2.24) is 0 Å². The van der Waals surface area contributed by atoms with Crippen molar-refractivity contribution in [3.05, 3.63) is 139 Å². The second kappa shape index (κ2) is 14.3. The highest BCUT2D eigenvalue weighted by atomic mass is 35.5. The Balaban J connectivity index is 0.000000210. The zero-order chi connectivity index (χ0) is 26.8. The van der Waals surface area contributed by atoms with Gasteiger partial charge in [0, 0.05) is 16.9 Å². The Morgan fingerprint density at radius 1 is 0.525 bits per heavy atom. The molecule has 0 spiro atoms. The summed E-state index contributed by atoms with van der Waals surface area (Å²) in [6.45, 7) is 6.73. The van der Waals surface area contributed by atoms with E-state index >= 15 is 0 Å². The van der Waals surface area contributed by atoms with E-state index in [-0.39, 0.29) is 20.9 Å². The monoisotopic (exact) mass is 610 g/mol. The van der Waals surface area contributed by atoms with Crippen LogP contribution in [0.1, 0.15) is 110 Å². The van der Waals surface area contributed by atoms with Gasteiger partial charge in [-0.15, -0.1) is 0 Å². The van der Waals surface area contributed by atoms with Crippen LogP contribution in [0.25, 0.3) is 0 Å². The molecule has 2 aliphatic rings. The largest absolute Gasteiger partial charge is 0.197 e. The maximum absolute atomic E-state index is 6.16. The van der Waals surface area contributed by atoms with Crippen molar-refractivity contribution in [1.29, 1.82) is 0 Å². The maximum atomic E-state index is 6.16. The van der Waals surface area contributed by atoms with Gasteiger partial charge in [0.2, 0.25) is 0 Å². The molecule has 4 aromatic rings. The van der Waals surface area contributed by atoms with Crippen LogP contribution in [0.3, 0.4) is 0 Å². The number of halogens is 3. The van der Waals surface area contributed by atoms with E-state index in [4.69, 9.17) is 34.8 Å². The van der Waals surface area contributed by atoms with Gasteiger partial charge < -0.3 is 0 Å². The minimum atomic E-state index is 0. The topological polar surface area (TPSA) is 0 Å². The quantitative estimate of drug-likeness (QED) is 0.211. The molecule has 212 valence electrons. The molecule has 0 N–H and O–H groups in total. The van der Waals surface area contributed by atoms with Crippen molar-refractivity contribution < 1.29 is 0 Å². The smallest absolute Gasteiger partial charge is 0.0595 e. The molecule has 0 saturated heterocycles. The SMILES string of the molecule is C.C[C@@H]1CC[C@@H](c2ccc(Cl)c(Cl)c2)c2ccccc21.Cc1cc([C@@H]2CC[C@H](C)c3ccccc32)ccc1Cl.S. The Labute approximate surface area is 263 Å². The van der Waals surface area contributed by atoms with Gasteiger partial charge in [-0.1, -0.05) is 123 Å². The van der Waals surface area contributed by atoms with Gasteiger partial charge in [0.15, 0.2) is 0 Å². The lowest BCUT2D eigenvalue weighted by molar-refractivity contribution is 0.545. The summed E-state index contributed by atoms with van der Waals surface area (Å²) in [4.78, 5) is 0. The molecule has 0 aromatic heterocycles. The Hall–Kier alpha value is -1.90. The number of aryl methyl sites for hydroxylation is 1. The van der Waals surface area contributed by atoms with Crippen LogP contribution in [0, 0.1) is 6.92 Å². The molecule has 0 aliphatic heterocycles. The molecular weight excluding hydrogens is 571 g/mol.